The van der Waals surface area contributed by atoms with Crippen LogP contribution in [-0.2, 0) is 26.2 Å². The van der Waals surface area contributed by atoms with Gasteiger partial charge in [0.2, 0.25) is 10.0 Å². The highest BCUT2D eigenvalue weighted by Crippen LogP contribution is 2.23. The number of carbonyl (C=O) groups is 2. The zero-order valence-electron chi connectivity index (χ0n) is 18.7. The number of tetrazole rings is 1. The summed E-state index contributed by atoms with van der Waals surface area (Å²) in [7, 11) is -3.54. The van der Waals surface area contributed by atoms with E-state index in [1.54, 1.807) is 22.5 Å². The lowest BCUT2D eigenvalue weighted by Crippen LogP contribution is -2.48. The first kappa shape index (κ1) is 26.2. The molecule has 1 aliphatic heterocycles. The van der Waals surface area contributed by atoms with E-state index in [0.29, 0.717) is 31.2 Å². The van der Waals surface area contributed by atoms with Crippen molar-refractivity contribution < 1.29 is 28.2 Å². The fraction of sp³-hybridized carbons (Fsp3) is 0.286. The first-order valence-electron chi connectivity index (χ1n) is 10.3. The van der Waals surface area contributed by atoms with Crippen LogP contribution in [0.15, 0.2) is 53.7 Å². The highest BCUT2D eigenvalue weighted by molar-refractivity contribution is 7.89. The molecular weight excluding hydrogens is 500 g/mol. The molecule has 3 aromatic rings. The highest BCUT2D eigenvalue weighted by atomic mass is 35.5. The summed E-state index contributed by atoms with van der Waals surface area (Å²) in [5.74, 6) is -3.65. The molecule has 0 amide bonds. The van der Waals surface area contributed by atoms with Crippen LogP contribution in [0.1, 0.15) is 11.1 Å². The summed E-state index contributed by atoms with van der Waals surface area (Å²) in [6.45, 7) is 4.92. The van der Waals surface area contributed by atoms with E-state index in [0.717, 1.165) is 17.8 Å². The Hall–Kier alpha value is -3.39. The molecule has 4 rings (SSSR count). The van der Waals surface area contributed by atoms with Gasteiger partial charge in [-0.25, -0.2) is 22.7 Å². The third-order valence-electron chi connectivity index (χ3n) is 5.24. The zero-order chi connectivity index (χ0) is 25.6. The van der Waals surface area contributed by atoms with Crippen LogP contribution in [0, 0.1) is 6.92 Å². The van der Waals surface area contributed by atoms with Gasteiger partial charge in [0.25, 0.3) is 0 Å². The molecule has 14 heteroatoms. The normalized spacial score (nSPS) is 14.7. The second-order valence-electron chi connectivity index (χ2n) is 7.62. The number of benzene rings is 2. The van der Waals surface area contributed by atoms with Crippen LogP contribution in [0.3, 0.4) is 0 Å². The number of carboxylic acid groups (broad SMARTS) is 2. The van der Waals surface area contributed by atoms with Crippen molar-refractivity contribution in [2.75, 3.05) is 26.2 Å². The van der Waals surface area contributed by atoms with Crippen molar-refractivity contribution in [1.29, 1.82) is 0 Å². The molecule has 1 saturated heterocycles. The summed E-state index contributed by atoms with van der Waals surface area (Å²) < 4.78 is 29.2. The minimum absolute atomic E-state index is 0.290. The molecule has 0 unspecified atom stereocenters. The maximum atomic E-state index is 13.1. The van der Waals surface area contributed by atoms with Gasteiger partial charge in [0.15, 0.2) is 0 Å². The molecule has 1 aromatic heterocycles. The average Bonchev–Trinajstić information content (AvgIpc) is 3.36. The number of rotatable bonds is 5. The van der Waals surface area contributed by atoms with Crippen LogP contribution >= 0.6 is 11.6 Å². The van der Waals surface area contributed by atoms with Crippen molar-refractivity contribution in [3.8, 4) is 5.69 Å². The molecule has 2 heterocycles. The maximum Gasteiger partial charge on any atom is 0.414 e. The monoisotopic (exact) mass is 522 g/mol. The predicted molar refractivity (Wildman–Crippen MR) is 125 cm³/mol. The predicted octanol–water partition coefficient (Wildman–Crippen LogP) is 1.29. The number of piperazine rings is 1. The van der Waals surface area contributed by atoms with Crippen LogP contribution in [-0.4, -0.2) is 86.2 Å². The third kappa shape index (κ3) is 6.82. The van der Waals surface area contributed by atoms with Crippen LogP contribution in [0.2, 0.25) is 5.02 Å². The standard InChI is InChI=1S/C19H21ClN6O2S.C2H2O4/c1-15-12-18(6-7-19(15)26-14-21-22-23-26)29(27,28)25-10-8-24(9-11-25)13-16-2-4-17(20)5-3-16;3-1(4)2(5)6/h2-7,12,14H,8-11,13H2,1H3;(H,3,4)(H,5,6). The van der Waals surface area contributed by atoms with Gasteiger partial charge >= 0.3 is 11.9 Å². The highest BCUT2D eigenvalue weighted by Gasteiger charge is 2.29. The number of halogens is 1. The second kappa shape index (κ2) is 11.4. The molecule has 0 radical (unpaired) electrons. The van der Waals surface area contributed by atoms with Crippen molar-refractivity contribution in [1.82, 2.24) is 29.4 Å². The molecule has 186 valence electrons. The van der Waals surface area contributed by atoms with Crippen LogP contribution in [0.25, 0.3) is 5.69 Å². The van der Waals surface area contributed by atoms with E-state index in [1.165, 1.54) is 16.6 Å². The van der Waals surface area contributed by atoms with Gasteiger partial charge < -0.3 is 10.2 Å². The summed E-state index contributed by atoms with van der Waals surface area (Å²) >= 11 is 5.93. The molecule has 0 aliphatic carbocycles. The minimum atomic E-state index is -3.54. The van der Waals surface area contributed by atoms with E-state index >= 15 is 0 Å². The fourth-order valence-corrected chi connectivity index (χ4v) is 5.08. The Kier molecular flexibility index (Phi) is 8.51. The number of sulfonamides is 1. The lowest BCUT2D eigenvalue weighted by Gasteiger charge is -2.34. The maximum absolute atomic E-state index is 13.1. The van der Waals surface area contributed by atoms with Crippen molar-refractivity contribution in [3.05, 3.63) is 64.9 Å². The molecule has 0 spiro atoms. The Balaban J connectivity index is 0.000000509. The number of aromatic nitrogens is 4. The van der Waals surface area contributed by atoms with Gasteiger partial charge in [-0.3, -0.25) is 4.90 Å². The molecule has 1 aliphatic rings. The molecule has 0 bridgehead atoms. The summed E-state index contributed by atoms with van der Waals surface area (Å²) in [6.07, 6.45) is 1.48. The van der Waals surface area contributed by atoms with E-state index in [9.17, 15) is 8.42 Å². The van der Waals surface area contributed by atoms with E-state index in [-0.39, 0.29) is 4.90 Å². The summed E-state index contributed by atoms with van der Waals surface area (Å²) in [4.78, 5) is 20.7. The Morgan fingerprint density at radius 2 is 1.63 bits per heavy atom. The lowest BCUT2D eigenvalue weighted by atomic mass is 10.2. The van der Waals surface area contributed by atoms with Crippen molar-refractivity contribution in [2.45, 2.75) is 18.4 Å². The molecule has 35 heavy (non-hydrogen) atoms. The first-order valence-corrected chi connectivity index (χ1v) is 12.2. The molecule has 0 saturated carbocycles. The number of nitrogens with zero attached hydrogens (tertiary/aromatic N) is 6. The first-order chi connectivity index (χ1) is 16.6. The van der Waals surface area contributed by atoms with Crippen molar-refractivity contribution in [3.63, 3.8) is 0 Å². The molecule has 2 aromatic carbocycles. The van der Waals surface area contributed by atoms with E-state index in [2.05, 4.69) is 20.4 Å². The quantitative estimate of drug-likeness (QED) is 0.467. The summed E-state index contributed by atoms with van der Waals surface area (Å²) in [5, 5.41) is 26.6. The zero-order valence-corrected chi connectivity index (χ0v) is 20.2. The van der Waals surface area contributed by atoms with Crippen molar-refractivity contribution >= 4 is 33.6 Å². The van der Waals surface area contributed by atoms with Gasteiger partial charge in [0.05, 0.1) is 10.6 Å². The Morgan fingerprint density at radius 3 is 2.14 bits per heavy atom. The van der Waals surface area contributed by atoms with Crippen molar-refractivity contribution in [2.24, 2.45) is 0 Å². The van der Waals surface area contributed by atoms with Gasteiger partial charge in [0, 0.05) is 37.7 Å². The van der Waals surface area contributed by atoms with E-state index in [1.807, 2.05) is 31.2 Å². The van der Waals surface area contributed by atoms with Crippen LogP contribution in [0.5, 0.6) is 0 Å². The topological polar surface area (TPSA) is 159 Å². The SMILES string of the molecule is Cc1cc(S(=O)(=O)N2CCN(Cc3ccc(Cl)cc3)CC2)ccc1-n1cnnn1.O=C(O)C(=O)O. The Bertz CT molecular complexity index is 1260. The number of aliphatic carboxylic acids is 2. The Labute approximate surface area is 206 Å². The Morgan fingerprint density at radius 1 is 1.00 bits per heavy atom. The smallest absolute Gasteiger partial charge is 0.414 e. The van der Waals surface area contributed by atoms with E-state index in [4.69, 9.17) is 31.4 Å². The summed E-state index contributed by atoms with van der Waals surface area (Å²) in [6, 6.07) is 12.8. The fourth-order valence-electron chi connectivity index (χ4n) is 3.44. The summed E-state index contributed by atoms with van der Waals surface area (Å²) in [5.41, 5.74) is 2.71. The number of hydrogen-bond donors (Lipinski definition) is 2. The van der Waals surface area contributed by atoms with Crippen LogP contribution < -0.4 is 0 Å². The average molecular weight is 523 g/mol. The van der Waals surface area contributed by atoms with Gasteiger partial charge in [-0.1, -0.05) is 23.7 Å². The van der Waals surface area contributed by atoms with Gasteiger partial charge in [0.1, 0.15) is 6.33 Å². The number of carboxylic acids is 2. The number of aryl methyl sites for hydroxylation is 1. The molecule has 12 nitrogen and oxygen atoms in total. The van der Waals surface area contributed by atoms with Gasteiger partial charge in [-0.15, -0.1) is 5.10 Å². The van der Waals surface area contributed by atoms with Crippen LogP contribution in [0.4, 0.5) is 0 Å². The largest absolute Gasteiger partial charge is 0.473 e. The van der Waals surface area contributed by atoms with Gasteiger partial charge in [-0.2, -0.15) is 4.31 Å². The molecule has 2 N–H and O–H groups in total. The lowest BCUT2D eigenvalue weighted by molar-refractivity contribution is -0.159. The minimum Gasteiger partial charge on any atom is -0.473 e. The second-order valence-corrected chi connectivity index (χ2v) is 9.99. The molecule has 0 atom stereocenters. The van der Waals surface area contributed by atoms with Gasteiger partial charge in [-0.05, 0) is 58.8 Å². The van der Waals surface area contributed by atoms with E-state index < -0.39 is 22.0 Å². The third-order valence-corrected chi connectivity index (χ3v) is 7.38. The molecule has 1 fully saturated rings. The molecular formula is C21H23ClN6O6S. The number of hydrogen-bond acceptors (Lipinski definition) is 8.